The van der Waals surface area contributed by atoms with Crippen molar-refractivity contribution < 1.29 is 4.79 Å². The van der Waals surface area contributed by atoms with E-state index in [-0.39, 0.29) is 22.9 Å². The van der Waals surface area contributed by atoms with E-state index in [0.717, 1.165) is 5.82 Å². The van der Waals surface area contributed by atoms with Crippen molar-refractivity contribution in [2.24, 2.45) is 12.5 Å². The van der Waals surface area contributed by atoms with Crippen LogP contribution < -0.4 is 5.56 Å². The van der Waals surface area contributed by atoms with Gasteiger partial charge in [0.15, 0.2) is 0 Å². The second-order valence-corrected chi connectivity index (χ2v) is 8.03. The highest BCUT2D eigenvalue weighted by Crippen LogP contribution is 2.48. The van der Waals surface area contributed by atoms with Crippen molar-refractivity contribution >= 4 is 5.91 Å². The summed E-state index contributed by atoms with van der Waals surface area (Å²) in [5.41, 5.74) is 1.30. The number of imidazole rings is 1. The van der Waals surface area contributed by atoms with E-state index in [0.29, 0.717) is 18.8 Å². The molecule has 0 N–H and O–H groups in total. The molecule has 3 aromatic rings. The van der Waals surface area contributed by atoms with Gasteiger partial charge in [-0.05, 0) is 11.6 Å². The predicted octanol–water partition coefficient (Wildman–Crippen LogP) is 2.85. The molecule has 6 nitrogen and oxygen atoms in total. The van der Waals surface area contributed by atoms with Crippen LogP contribution in [0.25, 0.3) is 0 Å². The molecule has 1 saturated heterocycles. The molecule has 1 unspecified atom stereocenters. The molecule has 1 aliphatic rings. The Morgan fingerprint density at radius 2 is 1.89 bits per heavy atom. The molecule has 0 bridgehead atoms. The Labute approximate surface area is 164 Å². The van der Waals surface area contributed by atoms with Crippen LogP contribution in [0.5, 0.6) is 0 Å². The number of aromatic nitrogens is 3. The lowest BCUT2D eigenvalue weighted by molar-refractivity contribution is -0.0384. The van der Waals surface area contributed by atoms with E-state index in [2.05, 4.69) is 35.5 Å². The fraction of sp³-hybridized carbons (Fsp3) is 0.318. The highest BCUT2D eigenvalue weighted by atomic mass is 16.2. The highest BCUT2D eigenvalue weighted by molar-refractivity contribution is 5.93. The normalized spacial score (nSPS) is 18.0. The smallest absolute Gasteiger partial charge is 0.271 e. The summed E-state index contributed by atoms with van der Waals surface area (Å²) >= 11 is 0. The number of hydrogen-bond acceptors (Lipinski definition) is 3. The zero-order valence-corrected chi connectivity index (χ0v) is 16.4. The maximum Gasteiger partial charge on any atom is 0.271 e. The average molecular weight is 376 g/mol. The minimum Gasteiger partial charge on any atom is -0.329 e. The molecule has 2 aromatic heterocycles. The van der Waals surface area contributed by atoms with Gasteiger partial charge < -0.3 is 14.0 Å². The van der Waals surface area contributed by atoms with Crippen molar-refractivity contribution in [3.05, 3.63) is 88.4 Å². The third-order valence-corrected chi connectivity index (χ3v) is 5.48. The lowest BCUT2D eigenvalue weighted by Crippen LogP contribution is -2.59. The van der Waals surface area contributed by atoms with Crippen molar-refractivity contribution in [2.45, 2.75) is 26.4 Å². The lowest BCUT2D eigenvalue weighted by Gasteiger charge is -2.53. The largest absolute Gasteiger partial charge is 0.329 e. The highest BCUT2D eigenvalue weighted by Gasteiger charge is 2.51. The van der Waals surface area contributed by atoms with E-state index in [9.17, 15) is 9.59 Å². The zero-order chi connectivity index (χ0) is 19.9. The van der Waals surface area contributed by atoms with E-state index >= 15 is 0 Å². The molecule has 144 valence electrons. The van der Waals surface area contributed by atoms with Gasteiger partial charge in [-0.1, -0.05) is 50.2 Å². The van der Waals surface area contributed by atoms with Crippen molar-refractivity contribution in [3.8, 4) is 0 Å². The van der Waals surface area contributed by atoms with Crippen LogP contribution in [0, 0.1) is 5.41 Å². The number of rotatable bonds is 4. The van der Waals surface area contributed by atoms with Crippen LogP contribution >= 0.6 is 0 Å². The van der Waals surface area contributed by atoms with E-state index in [1.54, 1.807) is 25.4 Å². The van der Waals surface area contributed by atoms with Crippen molar-refractivity contribution in [1.29, 1.82) is 0 Å². The predicted molar refractivity (Wildman–Crippen MR) is 107 cm³/mol. The van der Waals surface area contributed by atoms with E-state index in [4.69, 9.17) is 0 Å². The second kappa shape index (κ2) is 6.78. The number of hydrogen-bond donors (Lipinski definition) is 0. The summed E-state index contributed by atoms with van der Waals surface area (Å²) in [6.07, 6.45) is 3.74. The first-order valence-corrected chi connectivity index (χ1v) is 9.40. The number of likely N-dealkylation sites (tertiary alicyclic amines) is 1. The van der Waals surface area contributed by atoms with Gasteiger partial charge in [-0.15, -0.1) is 0 Å². The molecule has 4 rings (SSSR count). The van der Waals surface area contributed by atoms with Crippen LogP contribution in [-0.4, -0.2) is 31.5 Å². The van der Waals surface area contributed by atoms with Gasteiger partial charge in [0.1, 0.15) is 11.5 Å². The second-order valence-electron chi connectivity index (χ2n) is 8.03. The van der Waals surface area contributed by atoms with Crippen LogP contribution in [-0.2, 0) is 13.6 Å². The summed E-state index contributed by atoms with van der Waals surface area (Å²) in [7, 11) is 1.63. The number of nitrogens with zero attached hydrogens (tertiary/aromatic N) is 4. The minimum absolute atomic E-state index is 0.0941. The molecule has 1 fully saturated rings. The molecule has 28 heavy (non-hydrogen) atoms. The Kier molecular flexibility index (Phi) is 4.41. The summed E-state index contributed by atoms with van der Waals surface area (Å²) in [5.74, 6) is 0.730. The molecular weight excluding hydrogens is 352 g/mol. The Morgan fingerprint density at radius 1 is 1.14 bits per heavy atom. The van der Waals surface area contributed by atoms with Crippen LogP contribution in [0.1, 0.15) is 41.8 Å². The van der Waals surface area contributed by atoms with Gasteiger partial charge in [0.05, 0.1) is 6.04 Å². The Morgan fingerprint density at radius 3 is 2.61 bits per heavy atom. The maximum atomic E-state index is 13.2. The summed E-state index contributed by atoms with van der Waals surface area (Å²) in [5, 5.41) is 0. The summed E-state index contributed by atoms with van der Waals surface area (Å²) in [6.45, 7) is 5.62. The fourth-order valence-corrected chi connectivity index (χ4v) is 4.01. The summed E-state index contributed by atoms with van der Waals surface area (Å²) < 4.78 is 3.51. The maximum absolute atomic E-state index is 13.2. The van der Waals surface area contributed by atoms with Crippen molar-refractivity contribution in [1.82, 2.24) is 19.0 Å². The van der Waals surface area contributed by atoms with Gasteiger partial charge in [-0.3, -0.25) is 9.59 Å². The molecule has 1 amide bonds. The summed E-state index contributed by atoms with van der Waals surface area (Å²) in [4.78, 5) is 31.6. The lowest BCUT2D eigenvalue weighted by atomic mass is 9.74. The molecule has 0 aliphatic carbocycles. The van der Waals surface area contributed by atoms with Crippen LogP contribution in [0.15, 0.2) is 65.7 Å². The minimum atomic E-state index is -0.187. The quantitative estimate of drug-likeness (QED) is 0.703. The van der Waals surface area contributed by atoms with Crippen LogP contribution in [0.2, 0.25) is 0 Å². The Bertz CT molecular complexity index is 1070. The summed E-state index contributed by atoms with van der Waals surface area (Å²) in [6, 6.07) is 14.8. The Balaban J connectivity index is 1.67. The van der Waals surface area contributed by atoms with Gasteiger partial charge in [-0.25, -0.2) is 4.98 Å². The molecule has 0 saturated carbocycles. The molecule has 3 heterocycles. The third kappa shape index (κ3) is 3.05. The van der Waals surface area contributed by atoms with Gasteiger partial charge in [-0.2, -0.15) is 0 Å². The van der Waals surface area contributed by atoms with Crippen molar-refractivity contribution in [2.75, 3.05) is 6.54 Å². The first kappa shape index (κ1) is 18.2. The van der Waals surface area contributed by atoms with E-state index in [1.165, 1.54) is 16.2 Å². The van der Waals surface area contributed by atoms with E-state index in [1.807, 2.05) is 29.3 Å². The molecule has 1 atom stereocenters. The SMILES string of the molecule is Cn1c(C(=O)N2CC(C)(C)C2c2nccn2Cc2ccccc2)cccc1=O. The molecule has 6 heteroatoms. The molecule has 1 aromatic carbocycles. The molecule has 1 aliphatic heterocycles. The number of benzene rings is 1. The number of pyridine rings is 1. The first-order valence-electron chi connectivity index (χ1n) is 9.40. The van der Waals surface area contributed by atoms with Gasteiger partial charge >= 0.3 is 0 Å². The topological polar surface area (TPSA) is 60.1 Å². The van der Waals surface area contributed by atoms with Crippen LogP contribution in [0.4, 0.5) is 0 Å². The van der Waals surface area contributed by atoms with Gasteiger partial charge in [0, 0.05) is 44.0 Å². The molecule has 0 radical (unpaired) electrons. The van der Waals surface area contributed by atoms with Crippen molar-refractivity contribution in [3.63, 3.8) is 0 Å². The first-order chi connectivity index (χ1) is 13.4. The fourth-order valence-electron chi connectivity index (χ4n) is 4.01. The number of amides is 1. The molecule has 0 spiro atoms. The monoisotopic (exact) mass is 376 g/mol. The zero-order valence-electron chi connectivity index (χ0n) is 16.4. The van der Waals surface area contributed by atoms with Gasteiger partial charge in [0.2, 0.25) is 0 Å². The third-order valence-electron chi connectivity index (χ3n) is 5.48. The number of carbonyl (C=O) groups is 1. The van der Waals surface area contributed by atoms with Crippen LogP contribution in [0.3, 0.4) is 0 Å². The average Bonchev–Trinajstić information content (AvgIpc) is 3.09. The molecular formula is C22H24N4O2. The number of carbonyl (C=O) groups excluding carboxylic acids is 1. The van der Waals surface area contributed by atoms with Gasteiger partial charge in [0.25, 0.3) is 11.5 Å². The Hall–Kier alpha value is -3.15. The standard InChI is InChI=1S/C22H24N4O2/c1-22(2)15-26(21(28)17-10-7-11-18(27)24(17)3)19(22)20-23-12-13-25(20)14-16-8-5-4-6-9-16/h4-13,19H,14-15H2,1-3H3. The van der Waals surface area contributed by atoms with E-state index < -0.39 is 0 Å².